The predicted molar refractivity (Wildman–Crippen MR) is 74.9 cm³/mol. The molecule has 1 aliphatic carbocycles. The minimum absolute atomic E-state index is 0.571. The SMILES string of the molecule is NC(=NCCCN1CCOCC1)C1CCCCC1. The molecule has 0 aromatic rings. The maximum Gasteiger partial charge on any atom is 0.0968 e. The maximum absolute atomic E-state index is 6.08. The van der Waals surface area contributed by atoms with E-state index in [-0.39, 0.29) is 0 Å². The number of hydrogen-bond acceptors (Lipinski definition) is 3. The second-order valence-corrected chi connectivity index (χ2v) is 5.45. The van der Waals surface area contributed by atoms with E-state index in [9.17, 15) is 0 Å². The van der Waals surface area contributed by atoms with Gasteiger partial charge < -0.3 is 10.5 Å². The first-order valence-corrected chi connectivity index (χ1v) is 7.46. The maximum atomic E-state index is 6.08. The Morgan fingerprint density at radius 2 is 1.89 bits per heavy atom. The minimum atomic E-state index is 0.571. The van der Waals surface area contributed by atoms with Crippen LogP contribution in [0.4, 0.5) is 0 Å². The second kappa shape index (κ2) is 7.74. The van der Waals surface area contributed by atoms with Crippen molar-refractivity contribution < 1.29 is 4.74 Å². The number of morpholine rings is 1. The van der Waals surface area contributed by atoms with E-state index in [1.54, 1.807) is 0 Å². The van der Waals surface area contributed by atoms with E-state index in [0.717, 1.165) is 51.6 Å². The van der Waals surface area contributed by atoms with E-state index >= 15 is 0 Å². The average molecular weight is 253 g/mol. The van der Waals surface area contributed by atoms with Gasteiger partial charge in [-0.3, -0.25) is 9.89 Å². The molecule has 1 aliphatic heterocycles. The van der Waals surface area contributed by atoms with Crippen molar-refractivity contribution >= 4 is 5.84 Å². The van der Waals surface area contributed by atoms with Crippen molar-refractivity contribution in [2.45, 2.75) is 38.5 Å². The lowest BCUT2D eigenvalue weighted by atomic mass is 9.88. The molecule has 4 nitrogen and oxygen atoms in total. The van der Waals surface area contributed by atoms with Crippen LogP contribution in [0.15, 0.2) is 4.99 Å². The number of rotatable bonds is 5. The summed E-state index contributed by atoms with van der Waals surface area (Å²) in [5, 5.41) is 0. The molecule has 0 aromatic heterocycles. The summed E-state index contributed by atoms with van der Waals surface area (Å²) in [4.78, 5) is 7.02. The van der Waals surface area contributed by atoms with Crippen LogP contribution in [0.1, 0.15) is 38.5 Å². The summed E-state index contributed by atoms with van der Waals surface area (Å²) in [6.45, 7) is 5.93. The molecule has 0 radical (unpaired) electrons. The molecule has 0 spiro atoms. The van der Waals surface area contributed by atoms with Crippen molar-refractivity contribution in [1.82, 2.24) is 4.90 Å². The van der Waals surface area contributed by atoms with Crippen LogP contribution >= 0.6 is 0 Å². The lowest BCUT2D eigenvalue weighted by Gasteiger charge is -2.26. The van der Waals surface area contributed by atoms with Gasteiger partial charge in [0.2, 0.25) is 0 Å². The highest BCUT2D eigenvalue weighted by Crippen LogP contribution is 2.23. The molecule has 0 amide bonds. The van der Waals surface area contributed by atoms with E-state index < -0.39 is 0 Å². The summed E-state index contributed by atoms with van der Waals surface area (Å²) in [7, 11) is 0. The van der Waals surface area contributed by atoms with Gasteiger partial charge in [-0.25, -0.2) is 0 Å². The highest BCUT2D eigenvalue weighted by molar-refractivity contribution is 5.82. The number of amidine groups is 1. The van der Waals surface area contributed by atoms with Gasteiger partial charge >= 0.3 is 0 Å². The van der Waals surface area contributed by atoms with Crippen LogP contribution in [0.25, 0.3) is 0 Å². The van der Waals surface area contributed by atoms with Gasteiger partial charge in [0.05, 0.1) is 19.0 Å². The van der Waals surface area contributed by atoms with Crippen LogP contribution in [0, 0.1) is 5.92 Å². The van der Waals surface area contributed by atoms with Crippen molar-refractivity contribution in [2.24, 2.45) is 16.6 Å². The van der Waals surface area contributed by atoms with Gasteiger partial charge in [0.25, 0.3) is 0 Å². The fraction of sp³-hybridized carbons (Fsp3) is 0.929. The number of nitrogens with zero attached hydrogens (tertiary/aromatic N) is 2. The van der Waals surface area contributed by atoms with E-state index in [1.165, 1.54) is 32.1 Å². The molecule has 2 fully saturated rings. The molecule has 2 rings (SSSR count). The summed E-state index contributed by atoms with van der Waals surface area (Å²) in [5.74, 6) is 1.49. The topological polar surface area (TPSA) is 50.8 Å². The molecule has 0 atom stereocenters. The van der Waals surface area contributed by atoms with Gasteiger partial charge in [0.1, 0.15) is 0 Å². The summed E-state index contributed by atoms with van der Waals surface area (Å²) in [5.41, 5.74) is 6.08. The quantitative estimate of drug-likeness (QED) is 0.460. The smallest absolute Gasteiger partial charge is 0.0968 e. The number of ether oxygens (including phenoxy) is 1. The molecule has 1 heterocycles. The summed E-state index contributed by atoms with van der Waals surface area (Å²) in [6.07, 6.45) is 7.65. The van der Waals surface area contributed by atoms with Gasteiger partial charge in [-0.15, -0.1) is 0 Å². The van der Waals surface area contributed by atoms with Crippen molar-refractivity contribution in [2.75, 3.05) is 39.4 Å². The van der Waals surface area contributed by atoms with Crippen molar-refractivity contribution in [3.8, 4) is 0 Å². The lowest BCUT2D eigenvalue weighted by molar-refractivity contribution is 0.0377. The van der Waals surface area contributed by atoms with Crippen LogP contribution in [0.3, 0.4) is 0 Å². The summed E-state index contributed by atoms with van der Waals surface area (Å²) >= 11 is 0. The largest absolute Gasteiger partial charge is 0.387 e. The molecular weight excluding hydrogens is 226 g/mol. The first kappa shape index (κ1) is 13.8. The second-order valence-electron chi connectivity index (χ2n) is 5.45. The molecule has 2 aliphatic rings. The average Bonchev–Trinajstić information content (AvgIpc) is 2.45. The normalized spacial score (nSPS) is 24.3. The third-order valence-electron chi connectivity index (χ3n) is 4.05. The summed E-state index contributed by atoms with van der Waals surface area (Å²) < 4.78 is 5.33. The molecule has 0 aromatic carbocycles. The molecule has 18 heavy (non-hydrogen) atoms. The zero-order chi connectivity index (χ0) is 12.6. The van der Waals surface area contributed by atoms with Crippen molar-refractivity contribution in [3.63, 3.8) is 0 Å². The van der Waals surface area contributed by atoms with Crippen LogP contribution in [0.5, 0.6) is 0 Å². The highest BCUT2D eigenvalue weighted by Gasteiger charge is 2.16. The van der Waals surface area contributed by atoms with E-state index in [0.29, 0.717) is 5.92 Å². The molecule has 0 bridgehead atoms. The Morgan fingerprint density at radius 3 is 2.61 bits per heavy atom. The van der Waals surface area contributed by atoms with Gasteiger partial charge in [0, 0.05) is 32.1 Å². The lowest BCUT2D eigenvalue weighted by Crippen LogP contribution is -2.37. The fourth-order valence-electron chi connectivity index (χ4n) is 2.85. The Morgan fingerprint density at radius 1 is 1.17 bits per heavy atom. The third-order valence-corrected chi connectivity index (χ3v) is 4.05. The number of nitrogens with two attached hydrogens (primary N) is 1. The van der Waals surface area contributed by atoms with E-state index in [4.69, 9.17) is 10.5 Å². The monoisotopic (exact) mass is 253 g/mol. The highest BCUT2D eigenvalue weighted by atomic mass is 16.5. The van der Waals surface area contributed by atoms with Gasteiger partial charge in [-0.05, 0) is 19.3 Å². The van der Waals surface area contributed by atoms with E-state index in [2.05, 4.69) is 9.89 Å². The Hall–Kier alpha value is -0.610. The number of aliphatic imine (C=N–C) groups is 1. The molecule has 1 saturated heterocycles. The zero-order valence-electron chi connectivity index (χ0n) is 11.4. The Balaban J connectivity index is 1.60. The molecule has 4 heteroatoms. The van der Waals surface area contributed by atoms with Crippen LogP contribution in [-0.4, -0.2) is 50.1 Å². The van der Waals surface area contributed by atoms with Gasteiger partial charge in [-0.2, -0.15) is 0 Å². The Bertz CT molecular complexity index is 256. The van der Waals surface area contributed by atoms with Gasteiger partial charge in [-0.1, -0.05) is 19.3 Å². The first-order chi connectivity index (χ1) is 8.86. The van der Waals surface area contributed by atoms with Crippen LogP contribution in [0.2, 0.25) is 0 Å². The van der Waals surface area contributed by atoms with Crippen LogP contribution < -0.4 is 5.73 Å². The number of hydrogen-bond donors (Lipinski definition) is 1. The Kier molecular flexibility index (Phi) is 5.94. The first-order valence-electron chi connectivity index (χ1n) is 7.46. The molecule has 2 N–H and O–H groups in total. The fourth-order valence-corrected chi connectivity index (χ4v) is 2.85. The summed E-state index contributed by atoms with van der Waals surface area (Å²) in [6, 6.07) is 0. The third kappa shape index (κ3) is 4.58. The van der Waals surface area contributed by atoms with Gasteiger partial charge in [0.15, 0.2) is 0 Å². The molecular formula is C14H27N3O. The predicted octanol–water partition coefficient (Wildman–Crippen LogP) is 1.65. The standard InChI is InChI=1S/C14H27N3O/c15-14(13-5-2-1-3-6-13)16-7-4-8-17-9-11-18-12-10-17/h13H,1-12H2,(H2,15,16). The zero-order valence-corrected chi connectivity index (χ0v) is 11.4. The Labute approximate surface area is 111 Å². The van der Waals surface area contributed by atoms with Crippen LogP contribution in [-0.2, 0) is 4.74 Å². The van der Waals surface area contributed by atoms with Crippen molar-refractivity contribution in [3.05, 3.63) is 0 Å². The molecule has 0 unspecified atom stereocenters. The molecule has 1 saturated carbocycles. The molecule has 104 valence electrons. The van der Waals surface area contributed by atoms with Crippen molar-refractivity contribution in [1.29, 1.82) is 0 Å². The van der Waals surface area contributed by atoms with E-state index in [1.807, 2.05) is 0 Å². The minimum Gasteiger partial charge on any atom is -0.387 e.